The first-order chi connectivity index (χ1) is 8.56. The molecule has 18 heavy (non-hydrogen) atoms. The first-order valence-corrected chi connectivity index (χ1v) is 5.40. The minimum Gasteiger partial charge on any atom is -0.497 e. The quantitative estimate of drug-likeness (QED) is 0.746. The summed E-state index contributed by atoms with van der Waals surface area (Å²) >= 11 is 0. The van der Waals surface area contributed by atoms with E-state index in [0.717, 1.165) is 5.23 Å². The van der Waals surface area contributed by atoms with Crippen LogP contribution in [-0.4, -0.2) is 19.0 Å². The van der Waals surface area contributed by atoms with Crippen molar-refractivity contribution in [3.63, 3.8) is 0 Å². The lowest BCUT2D eigenvalue weighted by atomic mass is 10.3. The van der Waals surface area contributed by atoms with Gasteiger partial charge in [0.15, 0.2) is 0 Å². The predicted molar refractivity (Wildman–Crippen MR) is 63.6 cm³/mol. The molecule has 1 aromatic carbocycles. The van der Waals surface area contributed by atoms with Crippen molar-refractivity contribution in [3.8, 4) is 5.75 Å². The molecule has 0 saturated carbocycles. The van der Waals surface area contributed by atoms with E-state index in [-0.39, 0.29) is 6.42 Å². The van der Waals surface area contributed by atoms with Crippen molar-refractivity contribution >= 4 is 17.6 Å². The summed E-state index contributed by atoms with van der Waals surface area (Å²) in [4.78, 5) is 31.8. The van der Waals surface area contributed by atoms with E-state index in [4.69, 9.17) is 14.4 Å². The van der Waals surface area contributed by atoms with Crippen molar-refractivity contribution in [2.75, 3.05) is 12.3 Å². The summed E-state index contributed by atoms with van der Waals surface area (Å²) in [6, 6.07) is 6.52. The van der Waals surface area contributed by atoms with Crippen molar-refractivity contribution in [1.29, 1.82) is 0 Å². The fraction of sp³-hybridized carbons (Fsp3) is 0.333. The van der Waals surface area contributed by atoms with E-state index in [2.05, 4.69) is 0 Å². The molecule has 0 aliphatic carbocycles. The Morgan fingerprint density at radius 1 is 1.17 bits per heavy atom. The van der Waals surface area contributed by atoms with Crippen LogP contribution in [0.5, 0.6) is 5.75 Å². The van der Waals surface area contributed by atoms with Gasteiger partial charge in [0.1, 0.15) is 11.4 Å². The summed E-state index contributed by atoms with van der Waals surface area (Å²) in [5.74, 6) is -0.454. The molecule has 98 valence electrons. The number of carbonyl (C=O) groups is 2. The van der Waals surface area contributed by atoms with E-state index in [1.165, 1.54) is 14.0 Å². The fourth-order valence-corrected chi connectivity index (χ4v) is 1.10. The van der Waals surface area contributed by atoms with E-state index in [9.17, 15) is 9.59 Å². The van der Waals surface area contributed by atoms with Crippen LogP contribution >= 0.6 is 0 Å². The molecular formula is C12H15NO5. The van der Waals surface area contributed by atoms with Crippen LogP contribution in [0.2, 0.25) is 0 Å². The molecule has 0 unspecified atom stereocenters. The molecule has 1 aromatic rings. The van der Waals surface area contributed by atoms with Gasteiger partial charge >= 0.3 is 11.9 Å². The zero-order valence-electron chi connectivity index (χ0n) is 10.5. The van der Waals surface area contributed by atoms with Crippen LogP contribution < -0.4 is 9.96 Å². The van der Waals surface area contributed by atoms with Crippen LogP contribution in [0.3, 0.4) is 0 Å². The Kier molecular flexibility index (Phi) is 4.98. The van der Waals surface area contributed by atoms with Gasteiger partial charge in [-0.25, -0.2) is 9.59 Å². The van der Waals surface area contributed by atoms with Crippen molar-refractivity contribution in [1.82, 2.24) is 0 Å². The Labute approximate surface area is 105 Å². The lowest BCUT2D eigenvalue weighted by molar-refractivity contribution is -0.172. The average molecular weight is 253 g/mol. The standard InChI is InChI=1S/C12H15NO5/c1-4-12(15)18-13(17-9(2)14)10-5-7-11(16-3)8-6-10/h5-8H,4H2,1-3H3. The van der Waals surface area contributed by atoms with Gasteiger partial charge in [0.2, 0.25) is 0 Å². The molecule has 0 saturated heterocycles. The number of ether oxygens (including phenoxy) is 1. The number of anilines is 1. The number of carbonyl (C=O) groups excluding carboxylic acids is 2. The van der Waals surface area contributed by atoms with Crippen LogP contribution in [0.1, 0.15) is 20.3 Å². The molecule has 0 aliphatic heterocycles. The van der Waals surface area contributed by atoms with Crippen molar-refractivity contribution in [3.05, 3.63) is 24.3 Å². The monoisotopic (exact) mass is 253 g/mol. The summed E-state index contributed by atoms with van der Waals surface area (Å²) in [7, 11) is 1.54. The minimum absolute atomic E-state index is 0.175. The molecule has 6 heteroatoms. The first kappa shape index (κ1) is 13.8. The van der Waals surface area contributed by atoms with Crippen LogP contribution in [0.15, 0.2) is 24.3 Å². The molecule has 0 radical (unpaired) electrons. The summed E-state index contributed by atoms with van der Waals surface area (Å²) in [5.41, 5.74) is 0.410. The average Bonchev–Trinajstić information content (AvgIpc) is 2.37. The van der Waals surface area contributed by atoms with Crippen LogP contribution in [0, 0.1) is 0 Å². The zero-order chi connectivity index (χ0) is 13.5. The summed E-state index contributed by atoms with van der Waals surface area (Å²) < 4.78 is 5.00. The molecular weight excluding hydrogens is 238 g/mol. The second-order valence-electron chi connectivity index (χ2n) is 3.35. The number of hydrogen-bond acceptors (Lipinski definition) is 6. The van der Waals surface area contributed by atoms with Gasteiger partial charge in [-0.2, -0.15) is 0 Å². The number of benzene rings is 1. The lowest BCUT2D eigenvalue weighted by Gasteiger charge is -2.20. The Balaban J connectivity index is 2.86. The summed E-state index contributed by atoms with van der Waals surface area (Å²) in [6.45, 7) is 2.86. The van der Waals surface area contributed by atoms with Crippen molar-refractivity contribution in [2.24, 2.45) is 0 Å². The van der Waals surface area contributed by atoms with Gasteiger partial charge in [-0.05, 0) is 29.5 Å². The Morgan fingerprint density at radius 2 is 1.78 bits per heavy atom. The number of nitrogens with zero attached hydrogens (tertiary/aromatic N) is 1. The van der Waals surface area contributed by atoms with E-state index < -0.39 is 11.9 Å². The van der Waals surface area contributed by atoms with Crippen LogP contribution in [0.25, 0.3) is 0 Å². The molecule has 0 aliphatic rings. The van der Waals surface area contributed by atoms with Gasteiger partial charge < -0.3 is 14.4 Å². The summed E-state index contributed by atoms with van der Waals surface area (Å²) in [5, 5.41) is 0.785. The largest absolute Gasteiger partial charge is 0.497 e. The number of rotatable bonds is 5. The fourth-order valence-electron chi connectivity index (χ4n) is 1.10. The van der Waals surface area contributed by atoms with E-state index in [1.54, 1.807) is 31.2 Å². The Hall–Kier alpha value is -2.24. The maximum Gasteiger partial charge on any atom is 0.336 e. The summed E-state index contributed by atoms with van der Waals surface area (Å²) in [6.07, 6.45) is 0.175. The van der Waals surface area contributed by atoms with Gasteiger partial charge in [-0.15, -0.1) is 0 Å². The maximum absolute atomic E-state index is 11.2. The Morgan fingerprint density at radius 3 is 2.22 bits per heavy atom. The minimum atomic E-state index is -0.588. The highest BCUT2D eigenvalue weighted by molar-refractivity contribution is 5.72. The molecule has 0 aromatic heterocycles. The highest BCUT2D eigenvalue weighted by atomic mass is 17.0. The van der Waals surface area contributed by atoms with Gasteiger partial charge in [0, 0.05) is 13.3 Å². The molecule has 1 rings (SSSR count). The van der Waals surface area contributed by atoms with E-state index in [0.29, 0.717) is 11.4 Å². The highest BCUT2D eigenvalue weighted by Crippen LogP contribution is 2.20. The highest BCUT2D eigenvalue weighted by Gasteiger charge is 2.15. The third kappa shape index (κ3) is 3.97. The third-order valence-electron chi connectivity index (χ3n) is 1.97. The smallest absolute Gasteiger partial charge is 0.336 e. The zero-order valence-corrected chi connectivity index (χ0v) is 10.5. The normalized spacial score (nSPS) is 9.50. The maximum atomic E-state index is 11.2. The third-order valence-corrected chi connectivity index (χ3v) is 1.97. The predicted octanol–water partition coefficient (Wildman–Crippen LogP) is 1.85. The van der Waals surface area contributed by atoms with Gasteiger partial charge in [-0.3, -0.25) is 0 Å². The van der Waals surface area contributed by atoms with Gasteiger partial charge in [-0.1, -0.05) is 6.92 Å². The molecule has 0 N–H and O–H groups in total. The SMILES string of the molecule is CCC(=O)ON(OC(C)=O)c1ccc(OC)cc1. The van der Waals surface area contributed by atoms with Crippen LogP contribution in [0.4, 0.5) is 5.69 Å². The second kappa shape index (κ2) is 6.48. The van der Waals surface area contributed by atoms with E-state index in [1.807, 2.05) is 0 Å². The molecule has 0 fully saturated rings. The molecule has 6 nitrogen and oxygen atoms in total. The molecule has 0 spiro atoms. The second-order valence-corrected chi connectivity index (χ2v) is 3.35. The first-order valence-electron chi connectivity index (χ1n) is 5.40. The van der Waals surface area contributed by atoms with Gasteiger partial charge in [0.25, 0.3) is 0 Å². The topological polar surface area (TPSA) is 65.1 Å². The Bertz CT molecular complexity index is 415. The molecule has 0 heterocycles. The van der Waals surface area contributed by atoms with E-state index >= 15 is 0 Å². The number of hydrogen-bond donors (Lipinski definition) is 0. The van der Waals surface area contributed by atoms with Crippen LogP contribution in [-0.2, 0) is 19.3 Å². The number of methoxy groups -OCH3 is 1. The lowest BCUT2D eigenvalue weighted by Crippen LogP contribution is -2.29. The molecule has 0 bridgehead atoms. The van der Waals surface area contributed by atoms with Gasteiger partial charge in [0.05, 0.1) is 7.11 Å². The van der Waals surface area contributed by atoms with Crippen molar-refractivity contribution in [2.45, 2.75) is 20.3 Å². The molecule has 0 atom stereocenters. The van der Waals surface area contributed by atoms with Crippen molar-refractivity contribution < 1.29 is 24.0 Å². The molecule has 0 amide bonds.